The van der Waals surface area contributed by atoms with Crippen LogP contribution < -0.4 is 5.32 Å². The highest BCUT2D eigenvalue weighted by molar-refractivity contribution is 5.44. The maximum absolute atomic E-state index is 13.3. The predicted molar refractivity (Wildman–Crippen MR) is 65.1 cm³/mol. The SMILES string of the molecule is Fc1ccc(F)c(NCCN2CCCCC2)c1. The molecule has 0 aliphatic carbocycles. The normalized spacial score (nSPS) is 17.1. The molecule has 0 radical (unpaired) electrons. The summed E-state index contributed by atoms with van der Waals surface area (Å²) < 4.78 is 26.2. The van der Waals surface area contributed by atoms with Crippen LogP contribution in [0.1, 0.15) is 19.3 Å². The average Bonchev–Trinajstić information content (AvgIpc) is 2.35. The van der Waals surface area contributed by atoms with Crippen molar-refractivity contribution in [3.05, 3.63) is 29.8 Å². The van der Waals surface area contributed by atoms with Gasteiger partial charge < -0.3 is 10.2 Å². The number of hydrogen-bond donors (Lipinski definition) is 1. The minimum absolute atomic E-state index is 0.252. The Hall–Kier alpha value is -1.16. The smallest absolute Gasteiger partial charge is 0.146 e. The number of nitrogens with zero attached hydrogens (tertiary/aromatic N) is 1. The van der Waals surface area contributed by atoms with Crippen LogP contribution in [0.4, 0.5) is 14.5 Å². The van der Waals surface area contributed by atoms with Crippen LogP contribution in [0.5, 0.6) is 0 Å². The van der Waals surface area contributed by atoms with Crippen molar-refractivity contribution in [3.8, 4) is 0 Å². The zero-order valence-electron chi connectivity index (χ0n) is 9.88. The Morgan fingerprint density at radius 2 is 1.88 bits per heavy atom. The van der Waals surface area contributed by atoms with Crippen molar-refractivity contribution in [1.82, 2.24) is 4.90 Å². The first-order chi connectivity index (χ1) is 8.25. The number of nitrogens with one attached hydrogen (secondary N) is 1. The fraction of sp³-hybridized carbons (Fsp3) is 0.538. The van der Waals surface area contributed by atoms with Crippen molar-refractivity contribution >= 4 is 5.69 Å². The van der Waals surface area contributed by atoms with Crippen LogP contribution in [-0.2, 0) is 0 Å². The van der Waals surface area contributed by atoms with Gasteiger partial charge in [-0.1, -0.05) is 6.42 Å². The molecule has 0 amide bonds. The van der Waals surface area contributed by atoms with E-state index in [-0.39, 0.29) is 5.69 Å². The van der Waals surface area contributed by atoms with Crippen LogP contribution in [0.15, 0.2) is 18.2 Å². The van der Waals surface area contributed by atoms with Crippen molar-refractivity contribution in [2.24, 2.45) is 0 Å². The molecule has 1 aromatic rings. The highest BCUT2D eigenvalue weighted by Crippen LogP contribution is 2.15. The summed E-state index contributed by atoms with van der Waals surface area (Å²) in [5.74, 6) is -0.808. The van der Waals surface area contributed by atoms with E-state index in [1.54, 1.807) is 0 Å². The Bertz CT molecular complexity index is 362. The van der Waals surface area contributed by atoms with E-state index in [4.69, 9.17) is 0 Å². The van der Waals surface area contributed by atoms with E-state index in [2.05, 4.69) is 10.2 Å². The maximum atomic E-state index is 13.3. The maximum Gasteiger partial charge on any atom is 0.146 e. The molecular formula is C13H18F2N2. The number of benzene rings is 1. The molecule has 0 bridgehead atoms. The Morgan fingerprint density at radius 3 is 2.65 bits per heavy atom. The molecule has 0 spiro atoms. The minimum Gasteiger partial charge on any atom is -0.381 e. The van der Waals surface area contributed by atoms with E-state index in [0.29, 0.717) is 6.54 Å². The second-order valence-electron chi connectivity index (χ2n) is 4.45. The van der Waals surface area contributed by atoms with Crippen molar-refractivity contribution in [2.75, 3.05) is 31.5 Å². The Labute approximate surface area is 101 Å². The summed E-state index contributed by atoms with van der Waals surface area (Å²) in [7, 11) is 0. The third-order valence-corrected chi connectivity index (χ3v) is 3.12. The molecule has 0 saturated carbocycles. The van der Waals surface area contributed by atoms with Gasteiger partial charge in [-0.3, -0.25) is 0 Å². The largest absolute Gasteiger partial charge is 0.381 e. The molecule has 1 fully saturated rings. The number of halogens is 2. The predicted octanol–water partition coefficient (Wildman–Crippen LogP) is 2.86. The van der Waals surface area contributed by atoms with Crippen LogP contribution in [0.25, 0.3) is 0 Å². The Morgan fingerprint density at radius 1 is 1.12 bits per heavy atom. The molecule has 1 aromatic carbocycles. The first-order valence-corrected chi connectivity index (χ1v) is 6.17. The molecule has 2 nitrogen and oxygen atoms in total. The van der Waals surface area contributed by atoms with Gasteiger partial charge in [0.1, 0.15) is 11.6 Å². The number of anilines is 1. The molecule has 1 aliphatic rings. The monoisotopic (exact) mass is 240 g/mol. The molecular weight excluding hydrogens is 222 g/mol. The summed E-state index contributed by atoms with van der Waals surface area (Å²) in [6.07, 6.45) is 3.80. The first-order valence-electron chi connectivity index (χ1n) is 6.17. The molecule has 0 unspecified atom stereocenters. The Balaban J connectivity index is 1.79. The molecule has 4 heteroatoms. The van der Waals surface area contributed by atoms with Crippen molar-refractivity contribution in [3.63, 3.8) is 0 Å². The molecule has 1 saturated heterocycles. The number of piperidine rings is 1. The van der Waals surface area contributed by atoms with Gasteiger partial charge >= 0.3 is 0 Å². The summed E-state index contributed by atoms with van der Waals surface area (Å²) >= 11 is 0. The highest BCUT2D eigenvalue weighted by atomic mass is 19.1. The van der Waals surface area contributed by atoms with Crippen molar-refractivity contribution in [2.45, 2.75) is 19.3 Å². The lowest BCUT2D eigenvalue weighted by Crippen LogP contribution is -2.33. The number of hydrogen-bond acceptors (Lipinski definition) is 2. The average molecular weight is 240 g/mol. The van der Waals surface area contributed by atoms with Gasteiger partial charge in [-0.05, 0) is 44.1 Å². The van der Waals surface area contributed by atoms with Crippen LogP contribution in [0.3, 0.4) is 0 Å². The molecule has 1 aliphatic heterocycles. The van der Waals surface area contributed by atoms with Crippen LogP contribution in [0.2, 0.25) is 0 Å². The lowest BCUT2D eigenvalue weighted by Gasteiger charge is -2.26. The van der Waals surface area contributed by atoms with Gasteiger partial charge in [0.2, 0.25) is 0 Å². The van der Waals surface area contributed by atoms with E-state index in [1.165, 1.54) is 25.3 Å². The Kier molecular flexibility index (Phi) is 4.31. The fourth-order valence-electron chi connectivity index (χ4n) is 2.16. The molecule has 0 atom stereocenters. The van der Waals surface area contributed by atoms with Gasteiger partial charge in [-0.2, -0.15) is 0 Å². The third kappa shape index (κ3) is 3.66. The number of likely N-dealkylation sites (tertiary alicyclic amines) is 1. The zero-order chi connectivity index (χ0) is 12.1. The summed E-state index contributed by atoms with van der Waals surface area (Å²) in [5.41, 5.74) is 0.252. The molecule has 0 aromatic heterocycles. The topological polar surface area (TPSA) is 15.3 Å². The van der Waals surface area contributed by atoms with Crippen LogP contribution in [0, 0.1) is 11.6 Å². The van der Waals surface area contributed by atoms with E-state index < -0.39 is 11.6 Å². The summed E-state index contributed by atoms with van der Waals surface area (Å²) in [6.45, 7) is 3.77. The van der Waals surface area contributed by atoms with Crippen LogP contribution in [-0.4, -0.2) is 31.1 Å². The summed E-state index contributed by atoms with van der Waals surface area (Å²) in [5, 5.41) is 2.94. The van der Waals surface area contributed by atoms with Gasteiger partial charge in [0.15, 0.2) is 0 Å². The summed E-state index contributed by atoms with van der Waals surface area (Å²) in [6, 6.07) is 3.48. The summed E-state index contributed by atoms with van der Waals surface area (Å²) in [4.78, 5) is 2.35. The van der Waals surface area contributed by atoms with E-state index in [0.717, 1.165) is 31.8 Å². The second kappa shape index (κ2) is 5.96. The van der Waals surface area contributed by atoms with Crippen LogP contribution >= 0.6 is 0 Å². The van der Waals surface area contributed by atoms with E-state index >= 15 is 0 Å². The van der Waals surface area contributed by atoms with Crippen molar-refractivity contribution < 1.29 is 8.78 Å². The lowest BCUT2D eigenvalue weighted by molar-refractivity contribution is 0.237. The molecule has 2 rings (SSSR count). The van der Waals surface area contributed by atoms with Gasteiger partial charge in [0.25, 0.3) is 0 Å². The van der Waals surface area contributed by atoms with Gasteiger partial charge in [0.05, 0.1) is 5.69 Å². The van der Waals surface area contributed by atoms with Crippen molar-refractivity contribution in [1.29, 1.82) is 0 Å². The first kappa shape index (κ1) is 12.3. The zero-order valence-corrected chi connectivity index (χ0v) is 9.88. The minimum atomic E-state index is -0.410. The molecule has 17 heavy (non-hydrogen) atoms. The molecule has 1 N–H and O–H groups in total. The van der Waals surface area contributed by atoms with E-state index in [1.807, 2.05) is 0 Å². The standard InChI is InChI=1S/C13H18F2N2/c14-11-4-5-12(15)13(10-11)16-6-9-17-7-2-1-3-8-17/h4-5,10,16H,1-3,6-9H2. The van der Waals surface area contributed by atoms with Gasteiger partial charge in [-0.25, -0.2) is 8.78 Å². The number of rotatable bonds is 4. The molecule has 1 heterocycles. The third-order valence-electron chi connectivity index (χ3n) is 3.12. The quantitative estimate of drug-likeness (QED) is 0.870. The highest BCUT2D eigenvalue weighted by Gasteiger charge is 2.09. The van der Waals surface area contributed by atoms with E-state index in [9.17, 15) is 8.78 Å². The molecule has 94 valence electrons. The van der Waals surface area contributed by atoms with Gasteiger partial charge in [0, 0.05) is 13.1 Å². The van der Waals surface area contributed by atoms with Gasteiger partial charge in [-0.15, -0.1) is 0 Å². The fourth-order valence-corrected chi connectivity index (χ4v) is 2.16. The lowest BCUT2D eigenvalue weighted by atomic mass is 10.1. The second-order valence-corrected chi connectivity index (χ2v) is 4.45.